The van der Waals surface area contributed by atoms with E-state index in [0.29, 0.717) is 23.6 Å². The molecular weight excluding hydrogens is 376 g/mol. The maximum atomic E-state index is 12.8. The number of hydrogen-bond donors (Lipinski definition) is 1. The van der Waals surface area contributed by atoms with Gasteiger partial charge in [0.1, 0.15) is 6.04 Å². The smallest absolute Gasteiger partial charge is 0.253 e. The van der Waals surface area contributed by atoms with Gasteiger partial charge in [-0.25, -0.2) is 0 Å². The molecule has 0 saturated carbocycles. The fourth-order valence-corrected chi connectivity index (χ4v) is 3.73. The molecule has 0 saturated heterocycles. The molecule has 4 nitrogen and oxygen atoms in total. The van der Waals surface area contributed by atoms with Crippen molar-refractivity contribution < 1.29 is 9.59 Å². The van der Waals surface area contributed by atoms with Crippen LogP contribution in [0.25, 0.3) is 0 Å². The van der Waals surface area contributed by atoms with Crippen LogP contribution in [0.4, 0.5) is 0 Å². The van der Waals surface area contributed by atoms with Gasteiger partial charge in [0.15, 0.2) is 0 Å². The van der Waals surface area contributed by atoms with E-state index in [1.807, 2.05) is 23.1 Å². The molecule has 0 aliphatic heterocycles. The fraction of sp³-hybridized carbons (Fsp3) is 0.333. The fourth-order valence-electron chi connectivity index (χ4n) is 2.37. The third-order valence-corrected chi connectivity index (χ3v) is 5.41. The van der Waals surface area contributed by atoms with E-state index in [9.17, 15) is 9.59 Å². The van der Waals surface area contributed by atoms with Gasteiger partial charge < -0.3 is 10.2 Å². The number of likely N-dealkylation sites (N-methyl/N-ethyl adjacent to an activating group) is 1. The van der Waals surface area contributed by atoms with E-state index in [4.69, 9.17) is 11.6 Å². The lowest BCUT2D eigenvalue weighted by molar-refractivity contribution is -0.132. The van der Waals surface area contributed by atoms with Crippen molar-refractivity contribution in [2.24, 2.45) is 0 Å². The minimum absolute atomic E-state index is 0.0966. The lowest BCUT2D eigenvalue weighted by Crippen LogP contribution is -2.47. The molecule has 134 valence electrons. The lowest BCUT2D eigenvalue weighted by atomic mass is 10.1. The molecule has 1 N–H and O–H groups in total. The number of nitrogens with zero attached hydrogens (tertiary/aromatic N) is 1. The Morgan fingerprint density at radius 2 is 2.08 bits per heavy atom. The molecule has 7 heteroatoms. The number of thiophene rings is 1. The Morgan fingerprint density at radius 3 is 2.72 bits per heavy atom. The molecular formula is C18H21ClN2O2S2. The van der Waals surface area contributed by atoms with Gasteiger partial charge in [-0.3, -0.25) is 9.59 Å². The summed E-state index contributed by atoms with van der Waals surface area (Å²) in [6.07, 6.45) is 2.55. The first-order chi connectivity index (χ1) is 12.0. The van der Waals surface area contributed by atoms with E-state index in [1.165, 1.54) is 0 Å². The first-order valence-electron chi connectivity index (χ1n) is 7.83. The Hall–Kier alpha value is -1.50. The summed E-state index contributed by atoms with van der Waals surface area (Å²) >= 11 is 9.33. The number of rotatable bonds is 8. The van der Waals surface area contributed by atoms with Gasteiger partial charge in [-0.2, -0.15) is 23.1 Å². The van der Waals surface area contributed by atoms with Gasteiger partial charge in [-0.1, -0.05) is 23.7 Å². The number of halogens is 1. The number of hydrogen-bond acceptors (Lipinski definition) is 4. The molecule has 25 heavy (non-hydrogen) atoms. The molecule has 1 heterocycles. The molecule has 1 aromatic carbocycles. The summed E-state index contributed by atoms with van der Waals surface area (Å²) in [5.41, 5.74) is 1.47. The van der Waals surface area contributed by atoms with Crippen molar-refractivity contribution in [3.05, 3.63) is 57.2 Å². The number of thioether (sulfide) groups is 1. The number of benzene rings is 1. The molecule has 2 aromatic rings. The molecule has 2 amide bonds. The predicted molar refractivity (Wildman–Crippen MR) is 106 cm³/mol. The van der Waals surface area contributed by atoms with E-state index in [2.05, 4.69) is 5.32 Å². The summed E-state index contributed by atoms with van der Waals surface area (Å²) in [6, 6.07) is 8.26. The maximum absolute atomic E-state index is 12.8. The highest BCUT2D eigenvalue weighted by molar-refractivity contribution is 7.98. The Morgan fingerprint density at radius 1 is 1.32 bits per heavy atom. The summed E-state index contributed by atoms with van der Waals surface area (Å²) in [5.74, 6) is 0.362. The van der Waals surface area contributed by atoms with Gasteiger partial charge in [0.25, 0.3) is 5.91 Å². The van der Waals surface area contributed by atoms with E-state index in [1.54, 1.807) is 59.3 Å². The number of carbonyl (C=O) groups is 2. The van der Waals surface area contributed by atoms with Crippen molar-refractivity contribution in [1.82, 2.24) is 10.2 Å². The molecule has 1 aromatic heterocycles. The summed E-state index contributed by atoms with van der Waals surface area (Å²) < 4.78 is 0. The topological polar surface area (TPSA) is 49.4 Å². The quantitative estimate of drug-likeness (QED) is 0.735. The summed E-state index contributed by atoms with van der Waals surface area (Å²) in [7, 11) is 1.76. The summed E-state index contributed by atoms with van der Waals surface area (Å²) in [4.78, 5) is 27.0. The van der Waals surface area contributed by atoms with E-state index < -0.39 is 6.04 Å². The average molecular weight is 397 g/mol. The van der Waals surface area contributed by atoms with Gasteiger partial charge in [-0.15, -0.1) is 0 Å². The predicted octanol–water partition coefficient (Wildman–Crippen LogP) is 3.91. The Bertz CT molecular complexity index is 707. The zero-order valence-electron chi connectivity index (χ0n) is 14.2. The second kappa shape index (κ2) is 9.85. The van der Waals surface area contributed by atoms with E-state index in [-0.39, 0.29) is 11.8 Å². The molecule has 0 unspecified atom stereocenters. The number of nitrogens with one attached hydrogen (secondary N) is 1. The van der Waals surface area contributed by atoms with Crippen LogP contribution in [-0.4, -0.2) is 41.8 Å². The monoisotopic (exact) mass is 396 g/mol. The van der Waals surface area contributed by atoms with Crippen molar-refractivity contribution in [3.8, 4) is 0 Å². The molecule has 1 atom stereocenters. The van der Waals surface area contributed by atoms with Gasteiger partial charge in [0.05, 0.1) is 10.6 Å². The zero-order valence-corrected chi connectivity index (χ0v) is 16.6. The van der Waals surface area contributed by atoms with Gasteiger partial charge in [0, 0.05) is 13.6 Å². The van der Waals surface area contributed by atoms with Crippen LogP contribution in [0.1, 0.15) is 22.3 Å². The molecule has 0 spiro atoms. The zero-order chi connectivity index (χ0) is 18.2. The molecule has 0 fully saturated rings. The molecule has 2 rings (SSSR count). The third kappa shape index (κ3) is 5.76. The standard InChI is InChI=1S/C18H21ClN2O2S2/c1-21(11-13-7-10-25-12-13)18(23)16(8-9-24-2)20-17(22)14-5-3-4-6-15(14)19/h3-7,10,12,16H,8-9,11H2,1-2H3,(H,20,22)/t16-/m0/s1. The largest absolute Gasteiger partial charge is 0.340 e. The number of amides is 2. The molecule has 0 radical (unpaired) electrons. The molecule has 0 bridgehead atoms. The highest BCUT2D eigenvalue weighted by atomic mass is 35.5. The van der Waals surface area contributed by atoms with Crippen molar-refractivity contribution in [2.75, 3.05) is 19.1 Å². The Kier molecular flexibility index (Phi) is 7.81. The Balaban J connectivity index is 2.07. The van der Waals surface area contributed by atoms with Crippen LogP contribution in [0, 0.1) is 0 Å². The van der Waals surface area contributed by atoms with Crippen LogP contribution >= 0.6 is 34.7 Å². The van der Waals surface area contributed by atoms with Crippen LogP contribution in [-0.2, 0) is 11.3 Å². The molecule has 0 aliphatic carbocycles. The minimum Gasteiger partial charge on any atom is -0.340 e. The maximum Gasteiger partial charge on any atom is 0.253 e. The van der Waals surface area contributed by atoms with Gasteiger partial charge >= 0.3 is 0 Å². The highest BCUT2D eigenvalue weighted by Crippen LogP contribution is 2.16. The summed E-state index contributed by atoms with van der Waals surface area (Å²) in [5, 5.41) is 7.22. The normalized spacial score (nSPS) is 11.8. The first kappa shape index (κ1) is 19.8. The van der Waals surface area contributed by atoms with Gasteiger partial charge in [-0.05, 0) is 53.0 Å². The highest BCUT2D eigenvalue weighted by Gasteiger charge is 2.25. The van der Waals surface area contributed by atoms with Crippen LogP contribution in [0.2, 0.25) is 5.02 Å². The second-order valence-electron chi connectivity index (χ2n) is 5.61. The SMILES string of the molecule is CSCC[C@H](NC(=O)c1ccccc1Cl)C(=O)N(C)Cc1ccsc1. The van der Waals surface area contributed by atoms with Crippen LogP contribution in [0.3, 0.4) is 0 Å². The Labute approximate surface area is 161 Å². The minimum atomic E-state index is -0.570. The van der Waals surface area contributed by atoms with E-state index >= 15 is 0 Å². The number of carbonyl (C=O) groups excluding carboxylic acids is 2. The van der Waals surface area contributed by atoms with Crippen molar-refractivity contribution in [1.29, 1.82) is 0 Å². The van der Waals surface area contributed by atoms with E-state index in [0.717, 1.165) is 11.3 Å². The van der Waals surface area contributed by atoms with Crippen molar-refractivity contribution in [2.45, 2.75) is 19.0 Å². The second-order valence-corrected chi connectivity index (χ2v) is 7.79. The van der Waals surface area contributed by atoms with Crippen molar-refractivity contribution >= 4 is 46.5 Å². The third-order valence-electron chi connectivity index (χ3n) is 3.71. The average Bonchev–Trinajstić information content (AvgIpc) is 3.11. The van der Waals surface area contributed by atoms with Crippen LogP contribution < -0.4 is 5.32 Å². The van der Waals surface area contributed by atoms with Gasteiger partial charge in [0.2, 0.25) is 5.91 Å². The van der Waals surface area contributed by atoms with Crippen LogP contribution in [0.15, 0.2) is 41.1 Å². The molecule has 0 aliphatic rings. The van der Waals surface area contributed by atoms with Crippen LogP contribution in [0.5, 0.6) is 0 Å². The first-order valence-corrected chi connectivity index (χ1v) is 10.5. The summed E-state index contributed by atoms with van der Waals surface area (Å²) in [6.45, 7) is 0.528. The van der Waals surface area contributed by atoms with Crippen molar-refractivity contribution in [3.63, 3.8) is 0 Å². The lowest BCUT2D eigenvalue weighted by Gasteiger charge is -2.24.